The maximum absolute atomic E-state index is 13.4. The van der Waals surface area contributed by atoms with Gasteiger partial charge in [0.05, 0.1) is 11.0 Å². The first-order valence-electron chi connectivity index (χ1n) is 8.13. The molecule has 0 saturated heterocycles. The molecule has 0 bridgehead atoms. The van der Waals surface area contributed by atoms with Gasteiger partial charge < -0.3 is 19.8 Å². The van der Waals surface area contributed by atoms with Gasteiger partial charge in [0.15, 0.2) is 11.5 Å². The van der Waals surface area contributed by atoms with Crippen molar-refractivity contribution in [1.29, 1.82) is 0 Å². The van der Waals surface area contributed by atoms with E-state index in [1.54, 1.807) is 18.2 Å². The van der Waals surface area contributed by atoms with E-state index in [-0.39, 0.29) is 11.0 Å². The number of aromatic amines is 1. The Morgan fingerprint density at radius 2 is 1.89 bits per heavy atom. The van der Waals surface area contributed by atoms with Gasteiger partial charge in [0, 0.05) is 11.8 Å². The highest BCUT2D eigenvalue weighted by molar-refractivity contribution is 5.91. The molecule has 9 heteroatoms. The fourth-order valence-electron chi connectivity index (χ4n) is 2.87. The van der Waals surface area contributed by atoms with Gasteiger partial charge in [-0.05, 0) is 30.3 Å². The minimum absolute atomic E-state index is 0.131. The van der Waals surface area contributed by atoms with Gasteiger partial charge in [-0.1, -0.05) is 0 Å². The molecular weight excluding hydrogens is 357 g/mol. The number of H-pyrrole nitrogens is 1. The normalized spacial score (nSPS) is 12.8. The monoisotopic (exact) mass is 371 g/mol. The predicted molar refractivity (Wildman–Crippen MR) is 94.8 cm³/mol. The maximum atomic E-state index is 13.4. The first kappa shape index (κ1) is 16.8. The van der Waals surface area contributed by atoms with Crippen molar-refractivity contribution in [2.24, 2.45) is 0 Å². The van der Waals surface area contributed by atoms with Crippen LogP contribution in [-0.4, -0.2) is 28.7 Å². The number of fused-ring (bicyclic) bond motifs is 2. The molecule has 1 aliphatic rings. The molecule has 2 N–H and O–H groups in total. The number of rotatable bonds is 3. The zero-order chi connectivity index (χ0) is 19.0. The molecule has 0 radical (unpaired) electrons. The van der Waals surface area contributed by atoms with E-state index in [0.29, 0.717) is 30.4 Å². The second-order valence-electron chi connectivity index (χ2n) is 5.91. The molecule has 27 heavy (non-hydrogen) atoms. The van der Waals surface area contributed by atoms with E-state index < -0.39 is 29.4 Å². The van der Waals surface area contributed by atoms with Crippen LogP contribution in [0.3, 0.4) is 0 Å². The number of benzene rings is 2. The lowest BCUT2D eigenvalue weighted by atomic mass is 10.2. The minimum atomic E-state index is -0.930. The van der Waals surface area contributed by atoms with Crippen LogP contribution in [0.25, 0.3) is 11.0 Å². The molecule has 0 atom stereocenters. The van der Waals surface area contributed by atoms with Gasteiger partial charge >= 0.3 is 11.1 Å². The summed E-state index contributed by atoms with van der Waals surface area (Å²) in [4.78, 5) is 38.6. The highest BCUT2D eigenvalue weighted by Crippen LogP contribution is 2.32. The Hall–Kier alpha value is -3.62. The number of aromatic nitrogens is 2. The van der Waals surface area contributed by atoms with Crippen LogP contribution in [0.1, 0.15) is 0 Å². The number of carbonyl (C=O) groups excluding carboxylic acids is 1. The van der Waals surface area contributed by atoms with Crippen LogP contribution >= 0.6 is 0 Å². The number of ether oxygens (including phenoxy) is 2. The van der Waals surface area contributed by atoms with E-state index in [4.69, 9.17) is 9.47 Å². The van der Waals surface area contributed by atoms with Crippen molar-refractivity contribution >= 4 is 22.6 Å². The summed E-state index contributed by atoms with van der Waals surface area (Å²) >= 11 is 0. The van der Waals surface area contributed by atoms with E-state index in [2.05, 4.69) is 10.3 Å². The highest BCUT2D eigenvalue weighted by atomic mass is 19.1. The average molecular weight is 371 g/mol. The zero-order valence-electron chi connectivity index (χ0n) is 14.0. The SMILES string of the molecule is O=C(Cn1c(=O)c(=O)[nH]c2cc(F)ccc21)Nc1ccc2c(c1)OCCO2. The number of hydrogen-bond donors (Lipinski definition) is 2. The fraction of sp³-hybridized carbons (Fsp3) is 0.167. The van der Waals surface area contributed by atoms with Crippen LogP contribution in [0.2, 0.25) is 0 Å². The first-order chi connectivity index (χ1) is 13.0. The molecular formula is C18H14FN3O5. The molecule has 0 aliphatic carbocycles. The summed E-state index contributed by atoms with van der Waals surface area (Å²) in [6.45, 7) is 0.465. The zero-order valence-corrected chi connectivity index (χ0v) is 14.0. The fourth-order valence-corrected chi connectivity index (χ4v) is 2.87. The molecule has 138 valence electrons. The van der Waals surface area contributed by atoms with Crippen LogP contribution in [0.4, 0.5) is 10.1 Å². The number of amides is 1. The second-order valence-corrected chi connectivity index (χ2v) is 5.91. The Balaban J connectivity index is 1.62. The van der Waals surface area contributed by atoms with Gasteiger partial charge in [-0.2, -0.15) is 0 Å². The third-order valence-electron chi connectivity index (χ3n) is 4.06. The summed E-state index contributed by atoms with van der Waals surface area (Å²) in [5.74, 6) is 0.000427. The summed E-state index contributed by atoms with van der Waals surface area (Å²) in [5, 5.41) is 2.64. The van der Waals surface area contributed by atoms with Crippen LogP contribution in [0.15, 0.2) is 46.0 Å². The van der Waals surface area contributed by atoms with Crippen LogP contribution in [0.5, 0.6) is 11.5 Å². The van der Waals surface area contributed by atoms with Gasteiger partial charge in [0.25, 0.3) is 0 Å². The van der Waals surface area contributed by atoms with E-state index >= 15 is 0 Å². The van der Waals surface area contributed by atoms with Gasteiger partial charge in [-0.15, -0.1) is 0 Å². The molecule has 0 unspecified atom stereocenters. The number of anilines is 1. The quantitative estimate of drug-likeness (QED) is 0.675. The van der Waals surface area contributed by atoms with E-state index in [1.165, 1.54) is 6.07 Å². The minimum Gasteiger partial charge on any atom is -0.486 e. The lowest BCUT2D eigenvalue weighted by molar-refractivity contribution is -0.116. The number of halogens is 1. The standard InChI is InChI=1S/C18H14FN3O5/c19-10-1-3-13-12(7-10)21-17(24)18(25)22(13)9-16(23)20-11-2-4-14-15(8-11)27-6-5-26-14/h1-4,7-8H,5-6,9H2,(H,20,23)(H,21,24). The molecule has 0 spiro atoms. The molecule has 3 aromatic rings. The van der Waals surface area contributed by atoms with Crippen molar-refractivity contribution in [3.63, 3.8) is 0 Å². The van der Waals surface area contributed by atoms with Crippen LogP contribution < -0.4 is 25.9 Å². The molecule has 1 amide bonds. The van der Waals surface area contributed by atoms with Crippen molar-refractivity contribution in [2.45, 2.75) is 6.54 Å². The Labute approximate surface area is 151 Å². The number of carbonyl (C=O) groups is 1. The summed E-state index contributed by atoms with van der Waals surface area (Å²) in [5.41, 5.74) is -0.991. The summed E-state index contributed by atoms with van der Waals surface area (Å²) in [6, 6.07) is 8.49. The third-order valence-corrected chi connectivity index (χ3v) is 4.06. The molecule has 8 nitrogen and oxygen atoms in total. The van der Waals surface area contributed by atoms with E-state index in [1.807, 2.05) is 0 Å². The van der Waals surface area contributed by atoms with E-state index in [0.717, 1.165) is 16.7 Å². The lowest BCUT2D eigenvalue weighted by Crippen LogP contribution is -2.38. The summed E-state index contributed by atoms with van der Waals surface area (Å²) in [6.07, 6.45) is 0. The summed E-state index contributed by atoms with van der Waals surface area (Å²) < 4.78 is 25.2. The van der Waals surface area contributed by atoms with Gasteiger partial charge in [0.2, 0.25) is 5.91 Å². The number of nitrogens with zero attached hydrogens (tertiary/aromatic N) is 1. The molecule has 0 saturated carbocycles. The highest BCUT2D eigenvalue weighted by Gasteiger charge is 2.15. The Morgan fingerprint density at radius 1 is 1.11 bits per heavy atom. The van der Waals surface area contributed by atoms with Crippen molar-refractivity contribution in [1.82, 2.24) is 9.55 Å². The lowest BCUT2D eigenvalue weighted by Gasteiger charge is -2.19. The van der Waals surface area contributed by atoms with Gasteiger partial charge in [0.1, 0.15) is 25.6 Å². The molecule has 2 heterocycles. The molecule has 4 rings (SSSR count). The summed E-state index contributed by atoms with van der Waals surface area (Å²) in [7, 11) is 0. The van der Waals surface area contributed by atoms with Crippen LogP contribution in [0, 0.1) is 5.82 Å². The Kier molecular flexibility index (Phi) is 4.11. The smallest absolute Gasteiger partial charge is 0.317 e. The molecule has 1 aromatic heterocycles. The number of nitrogens with one attached hydrogen (secondary N) is 2. The van der Waals surface area contributed by atoms with Crippen molar-refractivity contribution in [3.8, 4) is 11.5 Å². The third kappa shape index (κ3) is 3.26. The topological polar surface area (TPSA) is 102 Å². The molecule has 1 aliphatic heterocycles. The number of hydrogen-bond acceptors (Lipinski definition) is 5. The van der Waals surface area contributed by atoms with Gasteiger partial charge in [-0.3, -0.25) is 19.0 Å². The van der Waals surface area contributed by atoms with Crippen molar-refractivity contribution < 1.29 is 18.7 Å². The molecule has 0 fully saturated rings. The largest absolute Gasteiger partial charge is 0.486 e. The van der Waals surface area contributed by atoms with Crippen molar-refractivity contribution in [2.75, 3.05) is 18.5 Å². The Morgan fingerprint density at radius 3 is 2.70 bits per heavy atom. The van der Waals surface area contributed by atoms with Crippen molar-refractivity contribution in [3.05, 3.63) is 62.9 Å². The van der Waals surface area contributed by atoms with Crippen LogP contribution in [-0.2, 0) is 11.3 Å². The predicted octanol–water partition coefficient (Wildman–Crippen LogP) is 1.24. The second kappa shape index (κ2) is 6.60. The maximum Gasteiger partial charge on any atom is 0.317 e. The first-order valence-corrected chi connectivity index (χ1v) is 8.13. The average Bonchev–Trinajstić information content (AvgIpc) is 2.65. The van der Waals surface area contributed by atoms with E-state index in [9.17, 15) is 18.8 Å². The Bertz CT molecular complexity index is 1170. The molecule has 2 aromatic carbocycles. The van der Waals surface area contributed by atoms with Gasteiger partial charge in [-0.25, -0.2) is 4.39 Å².